The molecule has 1 aromatic carbocycles. The van der Waals surface area contributed by atoms with Gasteiger partial charge in [-0.2, -0.15) is 0 Å². The molecule has 0 aliphatic heterocycles. The molecular weight excluding hydrogens is 248 g/mol. The van der Waals surface area contributed by atoms with Gasteiger partial charge in [0.2, 0.25) is 0 Å². The summed E-state index contributed by atoms with van der Waals surface area (Å²) in [6.45, 7) is 2.13. The highest BCUT2D eigenvalue weighted by atomic mass is 79.9. The Morgan fingerprint density at radius 1 is 1.38 bits per heavy atom. The van der Waals surface area contributed by atoms with E-state index in [4.69, 9.17) is 0 Å². The minimum absolute atomic E-state index is 0.388. The Hall–Kier alpha value is 0.01000. The van der Waals surface area contributed by atoms with Crippen LogP contribution in [0.4, 0.5) is 0 Å². The van der Waals surface area contributed by atoms with Gasteiger partial charge in [0.25, 0.3) is 0 Å². The quantitative estimate of drug-likeness (QED) is 0.663. The minimum Gasteiger partial charge on any atom is -0.388 e. The molecule has 0 radical (unpaired) electrons. The number of aliphatic hydroxyl groups is 1. The molecule has 72 valence electrons. The van der Waals surface area contributed by atoms with Crippen LogP contribution in [0.25, 0.3) is 0 Å². The maximum atomic E-state index is 9.50. The highest BCUT2D eigenvalue weighted by molar-refractivity contribution is 9.09. The van der Waals surface area contributed by atoms with E-state index >= 15 is 0 Å². The molecule has 1 nitrogen and oxygen atoms in total. The summed E-state index contributed by atoms with van der Waals surface area (Å²) in [6.07, 6.45) is -0.388. The van der Waals surface area contributed by atoms with Crippen molar-refractivity contribution in [1.29, 1.82) is 0 Å². The van der Waals surface area contributed by atoms with Crippen LogP contribution in [0.15, 0.2) is 29.2 Å². The molecule has 1 unspecified atom stereocenters. The van der Waals surface area contributed by atoms with Crippen molar-refractivity contribution in [2.45, 2.75) is 17.9 Å². The lowest BCUT2D eigenvalue weighted by molar-refractivity contribution is 0.205. The summed E-state index contributed by atoms with van der Waals surface area (Å²) in [5.74, 6) is 1.08. The number of halogens is 1. The van der Waals surface area contributed by atoms with Gasteiger partial charge in [0, 0.05) is 10.2 Å². The van der Waals surface area contributed by atoms with Gasteiger partial charge in [-0.3, -0.25) is 0 Å². The molecule has 0 aliphatic carbocycles. The van der Waals surface area contributed by atoms with Crippen molar-refractivity contribution in [3.05, 3.63) is 29.8 Å². The lowest BCUT2D eigenvalue weighted by atomic mass is 10.1. The molecule has 1 atom stereocenters. The highest BCUT2D eigenvalue weighted by Crippen LogP contribution is 2.21. The molecule has 13 heavy (non-hydrogen) atoms. The fourth-order valence-corrected chi connectivity index (χ4v) is 2.08. The molecule has 0 aliphatic rings. The van der Waals surface area contributed by atoms with Crippen molar-refractivity contribution in [3.63, 3.8) is 0 Å². The van der Waals surface area contributed by atoms with E-state index in [1.165, 1.54) is 4.90 Å². The smallest absolute Gasteiger partial charge is 0.0886 e. The van der Waals surface area contributed by atoms with Crippen molar-refractivity contribution in [2.24, 2.45) is 0 Å². The maximum absolute atomic E-state index is 9.50. The summed E-state index contributed by atoms with van der Waals surface area (Å²) in [7, 11) is 0. The van der Waals surface area contributed by atoms with E-state index in [1.807, 2.05) is 23.9 Å². The summed E-state index contributed by atoms with van der Waals surface area (Å²) >= 11 is 5.06. The zero-order valence-corrected chi connectivity index (χ0v) is 9.94. The van der Waals surface area contributed by atoms with Gasteiger partial charge < -0.3 is 5.11 Å². The molecule has 0 aromatic heterocycles. The standard InChI is InChI=1S/C10H13BrOS/c1-2-13-9-5-3-8(4-6-9)10(12)7-11/h3-6,10,12H,2,7H2,1H3. The number of rotatable bonds is 4. The highest BCUT2D eigenvalue weighted by Gasteiger charge is 2.04. The number of benzene rings is 1. The predicted molar refractivity (Wildman–Crippen MR) is 61.6 cm³/mol. The van der Waals surface area contributed by atoms with Crippen molar-refractivity contribution >= 4 is 27.7 Å². The van der Waals surface area contributed by atoms with Gasteiger partial charge in [-0.1, -0.05) is 35.0 Å². The zero-order valence-electron chi connectivity index (χ0n) is 7.53. The average Bonchev–Trinajstić information content (AvgIpc) is 2.18. The Kier molecular flexibility index (Phi) is 4.84. The molecule has 0 saturated heterocycles. The Labute approximate surface area is 91.7 Å². The van der Waals surface area contributed by atoms with Gasteiger partial charge in [-0.15, -0.1) is 11.8 Å². The van der Waals surface area contributed by atoms with E-state index in [9.17, 15) is 5.11 Å². The lowest BCUT2D eigenvalue weighted by Gasteiger charge is -2.07. The Morgan fingerprint density at radius 3 is 2.46 bits per heavy atom. The Balaban J connectivity index is 2.69. The third-order valence-corrected chi connectivity index (χ3v) is 3.23. The number of thioether (sulfide) groups is 1. The van der Waals surface area contributed by atoms with Crippen molar-refractivity contribution in [3.8, 4) is 0 Å². The third-order valence-electron chi connectivity index (χ3n) is 1.72. The first-order chi connectivity index (χ1) is 6.27. The van der Waals surface area contributed by atoms with E-state index in [0.717, 1.165) is 11.3 Å². The summed E-state index contributed by atoms with van der Waals surface area (Å²) in [5, 5.41) is 10.1. The van der Waals surface area contributed by atoms with Crippen LogP contribution in [0.1, 0.15) is 18.6 Å². The molecule has 3 heteroatoms. The van der Waals surface area contributed by atoms with E-state index in [-0.39, 0.29) is 6.10 Å². The molecule has 0 spiro atoms. The van der Waals surface area contributed by atoms with Crippen molar-refractivity contribution in [2.75, 3.05) is 11.1 Å². The topological polar surface area (TPSA) is 20.2 Å². The van der Waals surface area contributed by atoms with Crippen LogP contribution in [-0.2, 0) is 0 Å². The van der Waals surface area contributed by atoms with Crippen molar-refractivity contribution < 1.29 is 5.11 Å². The van der Waals surface area contributed by atoms with Crippen LogP contribution in [-0.4, -0.2) is 16.2 Å². The Morgan fingerprint density at radius 2 is 2.00 bits per heavy atom. The molecule has 1 N–H and O–H groups in total. The van der Waals surface area contributed by atoms with Gasteiger partial charge in [-0.05, 0) is 23.4 Å². The van der Waals surface area contributed by atoms with Gasteiger partial charge in [0.15, 0.2) is 0 Å². The van der Waals surface area contributed by atoms with Crippen LogP contribution in [0.5, 0.6) is 0 Å². The van der Waals surface area contributed by atoms with Crippen LogP contribution in [0, 0.1) is 0 Å². The first-order valence-electron chi connectivity index (χ1n) is 4.24. The second kappa shape index (κ2) is 5.68. The largest absolute Gasteiger partial charge is 0.388 e. The fourth-order valence-electron chi connectivity index (χ4n) is 1.04. The van der Waals surface area contributed by atoms with Gasteiger partial charge in [0.05, 0.1) is 6.10 Å². The fraction of sp³-hybridized carbons (Fsp3) is 0.400. The van der Waals surface area contributed by atoms with Gasteiger partial charge in [-0.25, -0.2) is 0 Å². The normalized spacial score (nSPS) is 12.8. The number of hydrogen-bond acceptors (Lipinski definition) is 2. The maximum Gasteiger partial charge on any atom is 0.0886 e. The molecule has 0 bridgehead atoms. The van der Waals surface area contributed by atoms with E-state index in [2.05, 4.69) is 35.0 Å². The number of hydrogen-bond donors (Lipinski definition) is 1. The molecule has 1 rings (SSSR count). The van der Waals surface area contributed by atoms with Crippen LogP contribution in [0.3, 0.4) is 0 Å². The SMILES string of the molecule is CCSc1ccc(C(O)CBr)cc1. The first-order valence-corrected chi connectivity index (χ1v) is 6.35. The molecule has 0 fully saturated rings. The number of aliphatic hydroxyl groups excluding tert-OH is 1. The second-order valence-corrected chi connectivity index (χ2v) is 4.66. The molecule has 0 saturated carbocycles. The van der Waals surface area contributed by atoms with Crippen LogP contribution >= 0.6 is 27.7 Å². The van der Waals surface area contributed by atoms with Crippen LogP contribution < -0.4 is 0 Å². The summed E-state index contributed by atoms with van der Waals surface area (Å²) < 4.78 is 0. The molecular formula is C10H13BrOS. The Bertz CT molecular complexity index is 248. The van der Waals surface area contributed by atoms with Gasteiger partial charge in [0.1, 0.15) is 0 Å². The van der Waals surface area contributed by atoms with E-state index in [1.54, 1.807) is 0 Å². The zero-order chi connectivity index (χ0) is 9.68. The number of alkyl halides is 1. The lowest BCUT2D eigenvalue weighted by Crippen LogP contribution is -1.97. The van der Waals surface area contributed by atoms with E-state index in [0.29, 0.717) is 5.33 Å². The molecule has 0 heterocycles. The third kappa shape index (κ3) is 3.33. The predicted octanol–water partition coefficient (Wildman–Crippen LogP) is 3.23. The molecule has 0 amide bonds. The average molecular weight is 261 g/mol. The monoisotopic (exact) mass is 260 g/mol. The first kappa shape index (κ1) is 11.1. The minimum atomic E-state index is -0.388. The van der Waals surface area contributed by atoms with Gasteiger partial charge >= 0.3 is 0 Å². The summed E-state index contributed by atoms with van der Waals surface area (Å²) in [6, 6.07) is 8.05. The van der Waals surface area contributed by atoms with Crippen molar-refractivity contribution in [1.82, 2.24) is 0 Å². The van der Waals surface area contributed by atoms with E-state index < -0.39 is 0 Å². The summed E-state index contributed by atoms with van der Waals surface area (Å²) in [5.41, 5.74) is 0.970. The van der Waals surface area contributed by atoms with Crippen LogP contribution in [0.2, 0.25) is 0 Å². The summed E-state index contributed by atoms with van der Waals surface area (Å²) in [4.78, 5) is 1.26. The molecule has 1 aromatic rings. The second-order valence-electron chi connectivity index (χ2n) is 2.67.